The van der Waals surface area contributed by atoms with E-state index in [-0.39, 0.29) is 5.75 Å². The third-order valence-corrected chi connectivity index (χ3v) is 3.51. The molecule has 0 aliphatic heterocycles. The van der Waals surface area contributed by atoms with Crippen molar-refractivity contribution in [1.29, 1.82) is 5.26 Å². The number of carbonyl (C=O) groups is 1. The number of nitrogens with zero attached hydrogens (tertiary/aromatic N) is 3. The van der Waals surface area contributed by atoms with Gasteiger partial charge in [-0.25, -0.2) is 9.48 Å². The molecule has 1 N–H and O–H groups in total. The zero-order valence-electron chi connectivity index (χ0n) is 12.8. The Morgan fingerprint density at radius 2 is 2.00 bits per heavy atom. The molecule has 6 nitrogen and oxygen atoms in total. The highest BCUT2D eigenvalue weighted by Gasteiger charge is 2.10. The molecule has 6 heteroatoms. The van der Waals surface area contributed by atoms with Crippen LogP contribution in [0.3, 0.4) is 0 Å². The van der Waals surface area contributed by atoms with E-state index < -0.39 is 6.16 Å². The molecule has 118 valence electrons. The van der Waals surface area contributed by atoms with Gasteiger partial charge in [-0.2, -0.15) is 10.4 Å². The van der Waals surface area contributed by atoms with Crippen LogP contribution < -0.4 is 4.74 Å². The maximum atomic E-state index is 10.5. The summed E-state index contributed by atoms with van der Waals surface area (Å²) in [5.74, 6) is 0.114. The van der Waals surface area contributed by atoms with Crippen LogP contribution in [-0.4, -0.2) is 21.0 Å². The number of nitriles is 1. The summed E-state index contributed by atoms with van der Waals surface area (Å²) in [6, 6.07) is 15.5. The van der Waals surface area contributed by atoms with E-state index in [1.807, 2.05) is 43.3 Å². The van der Waals surface area contributed by atoms with Crippen LogP contribution in [0.15, 0.2) is 54.9 Å². The van der Waals surface area contributed by atoms with Gasteiger partial charge in [0.2, 0.25) is 0 Å². The van der Waals surface area contributed by atoms with Crippen LogP contribution in [0.2, 0.25) is 0 Å². The molecule has 24 heavy (non-hydrogen) atoms. The molecule has 3 aromatic rings. The number of benzene rings is 2. The molecule has 0 saturated carbocycles. The summed E-state index contributed by atoms with van der Waals surface area (Å²) < 4.78 is 6.00. The van der Waals surface area contributed by atoms with E-state index in [2.05, 4.69) is 15.9 Å². The van der Waals surface area contributed by atoms with E-state index in [0.29, 0.717) is 11.3 Å². The standard InChI is InChI=1S/C18H13N3O3/c1-12-2-4-13(5-3-12)17-7-6-15(8-14(17)9-19)21-11-16(10-20-21)24-18(22)23/h2-8,10-11H,1H3,(H,22,23). The van der Waals surface area contributed by atoms with Gasteiger partial charge >= 0.3 is 6.16 Å². The van der Waals surface area contributed by atoms with Gasteiger partial charge in [0.15, 0.2) is 5.75 Å². The first-order chi connectivity index (χ1) is 11.6. The van der Waals surface area contributed by atoms with Gasteiger partial charge < -0.3 is 9.84 Å². The topological polar surface area (TPSA) is 88.1 Å². The predicted octanol–water partition coefficient (Wildman–Crippen LogP) is 3.78. The van der Waals surface area contributed by atoms with Crippen LogP contribution in [0.5, 0.6) is 5.75 Å². The third kappa shape index (κ3) is 3.10. The fraction of sp³-hybridized carbons (Fsp3) is 0.0556. The molecule has 3 rings (SSSR count). The van der Waals surface area contributed by atoms with E-state index in [1.165, 1.54) is 17.1 Å². The summed E-state index contributed by atoms with van der Waals surface area (Å²) in [5.41, 5.74) is 4.08. The zero-order valence-corrected chi connectivity index (χ0v) is 12.8. The summed E-state index contributed by atoms with van der Waals surface area (Å²) >= 11 is 0. The van der Waals surface area contributed by atoms with Gasteiger partial charge in [0, 0.05) is 0 Å². The first-order valence-corrected chi connectivity index (χ1v) is 7.14. The lowest BCUT2D eigenvalue weighted by Crippen LogP contribution is -2.02. The Bertz CT molecular complexity index is 937. The maximum absolute atomic E-state index is 10.5. The van der Waals surface area contributed by atoms with Crippen molar-refractivity contribution in [2.45, 2.75) is 6.92 Å². The minimum Gasteiger partial charge on any atom is -0.449 e. The van der Waals surface area contributed by atoms with E-state index >= 15 is 0 Å². The van der Waals surface area contributed by atoms with E-state index in [0.717, 1.165) is 16.7 Å². The van der Waals surface area contributed by atoms with Crippen LogP contribution in [0, 0.1) is 18.3 Å². The van der Waals surface area contributed by atoms with Crippen molar-refractivity contribution in [2.75, 3.05) is 0 Å². The molecule has 1 aromatic heterocycles. The van der Waals surface area contributed by atoms with Crippen molar-refractivity contribution in [3.8, 4) is 28.6 Å². The van der Waals surface area contributed by atoms with Gasteiger partial charge in [-0.05, 0) is 30.2 Å². The fourth-order valence-electron chi connectivity index (χ4n) is 2.35. The summed E-state index contributed by atoms with van der Waals surface area (Å²) in [6.45, 7) is 2.01. The lowest BCUT2D eigenvalue weighted by molar-refractivity contribution is 0.144. The van der Waals surface area contributed by atoms with Crippen molar-refractivity contribution in [2.24, 2.45) is 0 Å². The Kier molecular flexibility index (Phi) is 4.00. The zero-order chi connectivity index (χ0) is 17.1. The quantitative estimate of drug-likeness (QED) is 0.742. The molecule has 0 spiro atoms. The summed E-state index contributed by atoms with van der Waals surface area (Å²) in [6.07, 6.45) is 1.34. The second kappa shape index (κ2) is 6.26. The highest BCUT2D eigenvalue weighted by atomic mass is 16.7. The molecule has 0 aliphatic rings. The minimum atomic E-state index is -1.40. The normalized spacial score (nSPS) is 10.2. The highest BCUT2D eigenvalue weighted by Crippen LogP contribution is 2.26. The van der Waals surface area contributed by atoms with E-state index in [1.54, 1.807) is 6.07 Å². The average Bonchev–Trinajstić information content (AvgIpc) is 3.03. The fourth-order valence-corrected chi connectivity index (χ4v) is 2.35. The molecule has 1 heterocycles. The lowest BCUT2D eigenvalue weighted by Gasteiger charge is -2.08. The molecule has 0 saturated heterocycles. The second-order valence-electron chi connectivity index (χ2n) is 5.20. The average molecular weight is 319 g/mol. The first kappa shape index (κ1) is 15.3. The van der Waals surface area contributed by atoms with Gasteiger partial charge in [-0.15, -0.1) is 0 Å². The highest BCUT2D eigenvalue weighted by molar-refractivity contribution is 5.72. The molecular weight excluding hydrogens is 306 g/mol. The number of ether oxygens (including phenoxy) is 1. The second-order valence-corrected chi connectivity index (χ2v) is 5.20. The smallest absolute Gasteiger partial charge is 0.449 e. The van der Waals surface area contributed by atoms with Crippen LogP contribution in [-0.2, 0) is 0 Å². The maximum Gasteiger partial charge on any atom is 0.511 e. The first-order valence-electron chi connectivity index (χ1n) is 7.14. The monoisotopic (exact) mass is 319 g/mol. The molecule has 0 aliphatic carbocycles. The van der Waals surface area contributed by atoms with Crippen molar-refractivity contribution >= 4 is 6.16 Å². The Balaban J connectivity index is 1.97. The van der Waals surface area contributed by atoms with E-state index in [4.69, 9.17) is 5.11 Å². The van der Waals surface area contributed by atoms with Gasteiger partial charge in [0.05, 0.1) is 29.7 Å². The Morgan fingerprint density at radius 1 is 1.25 bits per heavy atom. The van der Waals surface area contributed by atoms with Gasteiger partial charge in [0.1, 0.15) is 0 Å². The van der Waals surface area contributed by atoms with Crippen molar-refractivity contribution in [3.63, 3.8) is 0 Å². The van der Waals surface area contributed by atoms with Crippen LogP contribution in [0.1, 0.15) is 11.1 Å². The Hall–Kier alpha value is -3.59. The Morgan fingerprint density at radius 3 is 2.67 bits per heavy atom. The molecule has 0 atom stereocenters. The number of hydrogen-bond donors (Lipinski definition) is 1. The molecule has 0 amide bonds. The largest absolute Gasteiger partial charge is 0.511 e. The van der Waals surface area contributed by atoms with Crippen molar-refractivity contribution in [1.82, 2.24) is 9.78 Å². The van der Waals surface area contributed by atoms with Crippen molar-refractivity contribution in [3.05, 3.63) is 66.0 Å². The summed E-state index contributed by atoms with van der Waals surface area (Å²) in [7, 11) is 0. The molecular formula is C18H13N3O3. The van der Waals surface area contributed by atoms with E-state index in [9.17, 15) is 10.1 Å². The molecule has 0 radical (unpaired) electrons. The van der Waals surface area contributed by atoms with Crippen LogP contribution in [0.25, 0.3) is 16.8 Å². The van der Waals surface area contributed by atoms with Crippen molar-refractivity contribution < 1.29 is 14.6 Å². The molecule has 0 bridgehead atoms. The number of hydrogen-bond acceptors (Lipinski definition) is 4. The van der Waals surface area contributed by atoms with Crippen LogP contribution >= 0.6 is 0 Å². The van der Waals surface area contributed by atoms with Gasteiger partial charge in [0.25, 0.3) is 0 Å². The SMILES string of the molecule is Cc1ccc(-c2ccc(-n3cc(OC(=O)O)cn3)cc2C#N)cc1. The number of aryl methyl sites for hydroxylation is 1. The molecule has 0 unspecified atom stereocenters. The van der Waals surface area contributed by atoms with Gasteiger partial charge in [-0.1, -0.05) is 35.9 Å². The Labute approximate surface area is 138 Å². The number of carboxylic acid groups (broad SMARTS) is 1. The number of aromatic nitrogens is 2. The predicted molar refractivity (Wildman–Crippen MR) is 87.1 cm³/mol. The van der Waals surface area contributed by atoms with Crippen LogP contribution in [0.4, 0.5) is 4.79 Å². The lowest BCUT2D eigenvalue weighted by atomic mass is 9.99. The molecule has 0 fully saturated rings. The summed E-state index contributed by atoms with van der Waals surface area (Å²) in [4.78, 5) is 10.5. The molecule has 2 aromatic carbocycles. The number of rotatable bonds is 3. The minimum absolute atomic E-state index is 0.114. The summed E-state index contributed by atoms with van der Waals surface area (Å²) in [5, 5.41) is 22.1. The third-order valence-electron chi connectivity index (χ3n) is 3.51. The van der Waals surface area contributed by atoms with Gasteiger partial charge in [-0.3, -0.25) is 0 Å².